The van der Waals surface area contributed by atoms with Gasteiger partial charge in [-0.25, -0.2) is 9.97 Å². The van der Waals surface area contributed by atoms with Crippen LogP contribution >= 0.6 is 11.3 Å². The standard InChI is InChI=1S/C16H20N4OS/c1-11-5-8-22-15(11)16(21)20-6-3-13(4-7-20)19-14-9-12(2)17-10-18-14/h5,8-10,13H,3-4,6-7H2,1-2H3,(H,17,18,19). The number of carbonyl (C=O) groups excluding carboxylic acids is 1. The Kier molecular flexibility index (Phi) is 4.38. The number of aromatic nitrogens is 2. The normalized spacial score (nSPS) is 15.8. The molecule has 1 amide bonds. The monoisotopic (exact) mass is 316 g/mol. The molecule has 1 fully saturated rings. The number of piperidine rings is 1. The number of nitrogens with one attached hydrogen (secondary N) is 1. The summed E-state index contributed by atoms with van der Waals surface area (Å²) in [5.74, 6) is 1.04. The van der Waals surface area contributed by atoms with E-state index in [9.17, 15) is 4.79 Å². The van der Waals surface area contributed by atoms with E-state index in [1.54, 1.807) is 6.33 Å². The van der Waals surface area contributed by atoms with E-state index in [1.165, 1.54) is 11.3 Å². The number of thiophene rings is 1. The molecular weight excluding hydrogens is 296 g/mol. The molecule has 22 heavy (non-hydrogen) atoms. The highest BCUT2D eigenvalue weighted by molar-refractivity contribution is 7.12. The Bertz CT molecular complexity index is 662. The number of carbonyl (C=O) groups is 1. The maximum absolute atomic E-state index is 12.5. The average molecular weight is 316 g/mol. The molecular formula is C16H20N4OS. The van der Waals surface area contributed by atoms with Gasteiger partial charge in [0.1, 0.15) is 12.1 Å². The van der Waals surface area contributed by atoms with E-state index in [2.05, 4.69) is 15.3 Å². The first kappa shape index (κ1) is 15.0. The van der Waals surface area contributed by atoms with E-state index in [0.29, 0.717) is 6.04 Å². The Morgan fingerprint density at radius 3 is 2.73 bits per heavy atom. The lowest BCUT2D eigenvalue weighted by atomic mass is 10.0. The molecule has 0 aliphatic carbocycles. The minimum Gasteiger partial charge on any atom is -0.367 e. The molecule has 3 heterocycles. The van der Waals surface area contributed by atoms with Crippen molar-refractivity contribution in [1.82, 2.24) is 14.9 Å². The van der Waals surface area contributed by atoms with Crippen LogP contribution in [0.25, 0.3) is 0 Å². The first-order valence-electron chi connectivity index (χ1n) is 7.52. The molecule has 2 aromatic rings. The highest BCUT2D eigenvalue weighted by Crippen LogP contribution is 2.21. The van der Waals surface area contributed by atoms with Crippen molar-refractivity contribution in [3.8, 4) is 0 Å². The molecule has 5 nitrogen and oxygen atoms in total. The Hall–Kier alpha value is -1.95. The van der Waals surface area contributed by atoms with Crippen LogP contribution in [0.3, 0.4) is 0 Å². The van der Waals surface area contributed by atoms with E-state index in [1.807, 2.05) is 36.3 Å². The van der Waals surface area contributed by atoms with Gasteiger partial charge in [0.05, 0.1) is 4.88 Å². The van der Waals surface area contributed by atoms with Crippen LogP contribution in [0.5, 0.6) is 0 Å². The van der Waals surface area contributed by atoms with Gasteiger partial charge < -0.3 is 10.2 Å². The number of rotatable bonds is 3. The van der Waals surface area contributed by atoms with E-state index < -0.39 is 0 Å². The van der Waals surface area contributed by atoms with Crippen molar-refractivity contribution >= 4 is 23.1 Å². The highest BCUT2D eigenvalue weighted by atomic mass is 32.1. The molecule has 0 unspecified atom stereocenters. The Morgan fingerprint density at radius 1 is 1.32 bits per heavy atom. The fourth-order valence-corrected chi connectivity index (χ4v) is 3.60. The van der Waals surface area contributed by atoms with Gasteiger partial charge in [0.25, 0.3) is 5.91 Å². The van der Waals surface area contributed by atoms with Crippen molar-refractivity contribution in [3.05, 3.63) is 40.0 Å². The quantitative estimate of drug-likeness (QED) is 0.946. The van der Waals surface area contributed by atoms with Gasteiger partial charge in [0.15, 0.2) is 0 Å². The highest BCUT2D eigenvalue weighted by Gasteiger charge is 2.25. The lowest BCUT2D eigenvalue weighted by Gasteiger charge is -2.32. The minimum absolute atomic E-state index is 0.170. The average Bonchev–Trinajstić information content (AvgIpc) is 2.93. The van der Waals surface area contributed by atoms with Crippen LogP contribution in [0.2, 0.25) is 0 Å². The number of amides is 1. The summed E-state index contributed by atoms with van der Waals surface area (Å²) in [6.45, 7) is 5.53. The minimum atomic E-state index is 0.170. The first-order valence-corrected chi connectivity index (χ1v) is 8.40. The SMILES string of the molecule is Cc1cc(NC2CCN(C(=O)c3sccc3C)CC2)ncn1. The first-order chi connectivity index (χ1) is 10.6. The lowest BCUT2D eigenvalue weighted by molar-refractivity contribution is 0.0722. The van der Waals surface area contributed by atoms with Gasteiger partial charge in [0, 0.05) is 30.9 Å². The van der Waals surface area contributed by atoms with Crippen molar-refractivity contribution in [2.45, 2.75) is 32.7 Å². The summed E-state index contributed by atoms with van der Waals surface area (Å²) in [4.78, 5) is 23.7. The van der Waals surface area contributed by atoms with Crippen molar-refractivity contribution in [2.75, 3.05) is 18.4 Å². The van der Waals surface area contributed by atoms with Crippen molar-refractivity contribution in [3.63, 3.8) is 0 Å². The zero-order valence-corrected chi connectivity index (χ0v) is 13.7. The van der Waals surface area contributed by atoms with Gasteiger partial charge in [-0.3, -0.25) is 4.79 Å². The Labute approximate surface area is 134 Å². The second kappa shape index (κ2) is 6.44. The molecule has 1 N–H and O–H groups in total. The molecule has 6 heteroatoms. The Morgan fingerprint density at radius 2 is 2.09 bits per heavy atom. The van der Waals surface area contributed by atoms with Crippen molar-refractivity contribution < 1.29 is 4.79 Å². The van der Waals surface area contributed by atoms with Gasteiger partial charge >= 0.3 is 0 Å². The molecule has 2 aromatic heterocycles. The number of hydrogen-bond acceptors (Lipinski definition) is 5. The fourth-order valence-electron chi connectivity index (χ4n) is 2.70. The molecule has 116 valence electrons. The lowest BCUT2D eigenvalue weighted by Crippen LogP contribution is -2.42. The topological polar surface area (TPSA) is 58.1 Å². The largest absolute Gasteiger partial charge is 0.367 e. The predicted molar refractivity (Wildman–Crippen MR) is 88.4 cm³/mol. The molecule has 0 bridgehead atoms. The van der Waals surface area contributed by atoms with Gasteiger partial charge in [0.2, 0.25) is 0 Å². The van der Waals surface area contributed by atoms with Crippen molar-refractivity contribution in [2.24, 2.45) is 0 Å². The molecule has 0 atom stereocenters. The molecule has 0 radical (unpaired) electrons. The maximum atomic E-state index is 12.5. The molecule has 1 aliphatic heterocycles. The van der Waals surface area contributed by atoms with Crippen LogP contribution in [0.1, 0.15) is 33.8 Å². The number of nitrogens with zero attached hydrogens (tertiary/aromatic N) is 3. The van der Waals surface area contributed by atoms with Crippen LogP contribution in [0.15, 0.2) is 23.8 Å². The van der Waals surface area contributed by atoms with E-state index in [-0.39, 0.29) is 5.91 Å². The third kappa shape index (κ3) is 3.27. The maximum Gasteiger partial charge on any atom is 0.264 e. The second-order valence-corrected chi connectivity index (χ2v) is 6.60. The Balaban J connectivity index is 1.56. The summed E-state index contributed by atoms with van der Waals surface area (Å²) in [6, 6.07) is 4.32. The zero-order chi connectivity index (χ0) is 15.5. The third-order valence-electron chi connectivity index (χ3n) is 3.99. The molecule has 1 saturated heterocycles. The van der Waals surface area contributed by atoms with Crippen LogP contribution in [0.4, 0.5) is 5.82 Å². The fraction of sp³-hybridized carbons (Fsp3) is 0.438. The van der Waals surface area contributed by atoms with Crippen molar-refractivity contribution in [1.29, 1.82) is 0 Å². The summed E-state index contributed by atoms with van der Waals surface area (Å²) in [5.41, 5.74) is 2.03. The summed E-state index contributed by atoms with van der Waals surface area (Å²) >= 11 is 1.53. The number of aryl methyl sites for hydroxylation is 2. The number of anilines is 1. The molecule has 0 spiro atoms. The third-order valence-corrected chi connectivity index (χ3v) is 5.00. The van der Waals surface area contributed by atoms with Crippen LogP contribution in [0, 0.1) is 13.8 Å². The molecule has 0 aromatic carbocycles. The molecule has 1 aliphatic rings. The summed E-state index contributed by atoms with van der Waals surface area (Å²) in [7, 11) is 0. The number of likely N-dealkylation sites (tertiary alicyclic amines) is 1. The number of hydrogen-bond donors (Lipinski definition) is 1. The van der Waals surface area contributed by atoms with E-state index in [4.69, 9.17) is 0 Å². The van der Waals surface area contributed by atoms with E-state index in [0.717, 1.165) is 47.9 Å². The molecule has 3 rings (SSSR count). The van der Waals surface area contributed by atoms with Gasteiger partial charge in [-0.2, -0.15) is 0 Å². The van der Waals surface area contributed by atoms with Gasteiger partial charge in [-0.15, -0.1) is 11.3 Å². The van der Waals surface area contributed by atoms with E-state index >= 15 is 0 Å². The van der Waals surface area contributed by atoms with Crippen LogP contribution in [-0.4, -0.2) is 39.9 Å². The summed E-state index contributed by atoms with van der Waals surface area (Å²) < 4.78 is 0. The second-order valence-electron chi connectivity index (χ2n) is 5.69. The summed E-state index contributed by atoms with van der Waals surface area (Å²) in [6.07, 6.45) is 3.47. The molecule has 0 saturated carbocycles. The van der Waals surface area contributed by atoms with Crippen LogP contribution < -0.4 is 5.32 Å². The van der Waals surface area contributed by atoms with Gasteiger partial charge in [-0.1, -0.05) is 0 Å². The predicted octanol–water partition coefficient (Wildman–Crippen LogP) is 2.87. The van der Waals surface area contributed by atoms with Gasteiger partial charge in [-0.05, 0) is 43.7 Å². The summed E-state index contributed by atoms with van der Waals surface area (Å²) in [5, 5.41) is 5.42. The smallest absolute Gasteiger partial charge is 0.264 e. The zero-order valence-electron chi connectivity index (χ0n) is 12.9. The van der Waals surface area contributed by atoms with Crippen LogP contribution in [-0.2, 0) is 0 Å².